The predicted molar refractivity (Wildman–Crippen MR) is 120 cm³/mol. The van der Waals surface area contributed by atoms with E-state index in [4.69, 9.17) is 18.9 Å². The number of rotatable bonds is 8. The molecule has 3 aromatic rings. The van der Waals surface area contributed by atoms with Crippen LogP contribution in [-0.4, -0.2) is 49.5 Å². The Balaban J connectivity index is 1.84. The molecule has 0 aromatic heterocycles. The van der Waals surface area contributed by atoms with Crippen molar-refractivity contribution in [3.8, 4) is 11.5 Å². The summed E-state index contributed by atoms with van der Waals surface area (Å²) in [5.74, 6) is 1.48. The zero-order valence-electron chi connectivity index (χ0n) is 18.2. The van der Waals surface area contributed by atoms with E-state index in [1.165, 1.54) is 0 Å². The molecule has 0 aliphatic carbocycles. The molecule has 0 bridgehead atoms. The van der Waals surface area contributed by atoms with Crippen LogP contribution >= 0.6 is 0 Å². The SMILES string of the molecule is COc1ccc(C(OC[C@H]2OC(O)C[C@@H]2O)(c2ccccc2)c2ccc(OC)cc2)cc1. The van der Waals surface area contributed by atoms with Gasteiger partial charge in [0.25, 0.3) is 0 Å². The van der Waals surface area contributed by atoms with Crippen LogP contribution in [0.15, 0.2) is 78.9 Å². The zero-order valence-corrected chi connectivity index (χ0v) is 18.2. The first-order chi connectivity index (χ1) is 15.6. The third-order valence-corrected chi connectivity index (χ3v) is 5.84. The molecule has 4 rings (SSSR count). The van der Waals surface area contributed by atoms with Crippen LogP contribution in [-0.2, 0) is 15.1 Å². The molecular weight excluding hydrogens is 408 g/mol. The fourth-order valence-corrected chi connectivity index (χ4v) is 4.14. The van der Waals surface area contributed by atoms with Gasteiger partial charge in [-0.2, -0.15) is 0 Å². The first-order valence-corrected chi connectivity index (χ1v) is 10.6. The fourth-order valence-electron chi connectivity index (χ4n) is 4.14. The Morgan fingerprint density at radius 3 is 1.72 bits per heavy atom. The van der Waals surface area contributed by atoms with Crippen LogP contribution in [0.4, 0.5) is 0 Å². The highest BCUT2D eigenvalue weighted by atomic mass is 16.6. The van der Waals surface area contributed by atoms with E-state index in [-0.39, 0.29) is 13.0 Å². The average molecular weight is 437 g/mol. The lowest BCUT2D eigenvalue weighted by molar-refractivity contribution is -0.130. The molecule has 0 radical (unpaired) electrons. The first-order valence-electron chi connectivity index (χ1n) is 10.6. The summed E-state index contributed by atoms with van der Waals surface area (Å²) in [5, 5.41) is 20.1. The summed E-state index contributed by atoms with van der Waals surface area (Å²) >= 11 is 0. The Bertz CT molecular complexity index is 940. The number of benzene rings is 3. The summed E-state index contributed by atoms with van der Waals surface area (Å²) in [4.78, 5) is 0. The second-order valence-electron chi connectivity index (χ2n) is 7.75. The van der Waals surface area contributed by atoms with Crippen LogP contribution < -0.4 is 9.47 Å². The number of methoxy groups -OCH3 is 2. The van der Waals surface area contributed by atoms with Crippen LogP contribution in [0.25, 0.3) is 0 Å². The van der Waals surface area contributed by atoms with Crippen molar-refractivity contribution in [2.75, 3.05) is 20.8 Å². The van der Waals surface area contributed by atoms with E-state index in [1.54, 1.807) is 14.2 Å². The van der Waals surface area contributed by atoms with Crippen molar-refractivity contribution >= 4 is 0 Å². The fraction of sp³-hybridized carbons (Fsp3) is 0.308. The van der Waals surface area contributed by atoms with Crippen molar-refractivity contribution in [2.45, 2.75) is 30.5 Å². The number of aliphatic hydroxyl groups excluding tert-OH is 2. The van der Waals surface area contributed by atoms with Gasteiger partial charge in [0.15, 0.2) is 6.29 Å². The van der Waals surface area contributed by atoms with Crippen molar-refractivity contribution in [2.24, 2.45) is 0 Å². The van der Waals surface area contributed by atoms with Crippen LogP contribution in [0, 0.1) is 0 Å². The minimum absolute atomic E-state index is 0.0885. The van der Waals surface area contributed by atoms with E-state index >= 15 is 0 Å². The minimum Gasteiger partial charge on any atom is -0.497 e. The minimum atomic E-state index is -0.994. The topological polar surface area (TPSA) is 77.4 Å². The molecule has 168 valence electrons. The van der Waals surface area contributed by atoms with E-state index in [1.807, 2.05) is 78.9 Å². The third kappa shape index (κ3) is 4.36. The largest absolute Gasteiger partial charge is 0.497 e. The maximum absolute atomic E-state index is 10.3. The molecule has 1 heterocycles. The Morgan fingerprint density at radius 1 is 0.781 bits per heavy atom. The third-order valence-electron chi connectivity index (χ3n) is 5.84. The molecule has 0 amide bonds. The Kier molecular flexibility index (Phi) is 6.77. The zero-order chi connectivity index (χ0) is 22.6. The smallest absolute Gasteiger partial charge is 0.157 e. The van der Waals surface area contributed by atoms with Crippen molar-refractivity contribution in [3.05, 3.63) is 95.6 Å². The van der Waals surface area contributed by atoms with Gasteiger partial charge in [0, 0.05) is 6.42 Å². The second kappa shape index (κ2) is 9.71. The molecule has 1 aliphatic rings. The van der Waals surface area contributed by atoms with E-state index in [0.29, 0.717) is 0 Å². The Hall–Kier alpha value is -2.90. The van der Waals surface area contributed by atoms with E-state index in [9.17, 15) is 10.2 Å². The number of hydrogen-bond donors (Lipinski definition) is 2. The summed E-state index contributed by atoms with van der Waals surface area (Å²) in [5.41, 5.74) is 1.71. The van der Waals surface area contributed by atoms with Crippen LogP contribution in [0.2, 0.25) is 0 Å². The van der Waals surface area contributed by atoms with Gasteiger partial charge in [-0.25, -0.2) is 0 Å². The van der Waals surface area contributed by atoms with Gasteiger partial charge in [0.1, 0.15) is 23.2 Å². The highest BCUT2D eigenvalue weighted by Crippen LogP contribution is 2.42. The average Bonchev–Trinajstić information content (AvgIpc) is 3.17. The molecule has 3 atom stereocenters. The molecule has 1 fully saturated rings. The van der Waals surface area contributed by atoms with Gasteiger partial charge in [0.2, 0.25) is 0 Å². The van der Waals surface area contributed by atoms with Gasteiger partial charge in [-0.05, 0) is 41.0 Å². The van der Waals surface area contributed by atoms with Gasteiger partial charge >= 0.3 is 0 Å². The van der Waals surface area contributed by atoms with E-state index in [2.05, 4.69) is 0 Å². The molecule has 1 saturated heterocycles. The Morgan fingerprint density at radius 2 is 1.28 bits per heavy atom. The van der Waals surface area contributed by atoms with E-state index < -0.39 is 24.1 Å². The predicted octanol–water partition coefficient (Wildman–Crippen LogP) is 3.48. The number of aliphatic hydroxyl groups is 2. The van der Waals surface area contributed by atoms with Gasteiger partial charge in [-0.3, -0.25) is 0 Å². The molecule has 2 N–H and O–H groups in total. The lowest BCUT2D eigenvalue weighted by Crippen LogP contribution is -2.38. The quantitative estimate of drug-likeness (QED) is 0.527. The molecule has 6 heteroatoms. The van der Waals surface area contributed by atoms with Crippen molar-refractivity contribution in [1.82, 2.24) is 0 Å². The molecule has 0 saturated carbocycles. The van der Waals surface area contributed by atoms with E-state index in [0.717, 1.165) is 28.2 Å². The summed E-state index contributed by atoms with van der Waals surface area (Å²) in [7, 11) is 3.26. The number of hydrogen-bond acceptors (Lipinski definition) is 6. The summed E-state index contributed by atoms with van der Waals surface area (Å²) < 4.78 is 22.9. The van der Waals surface area contributed by atoms with Gasteiger partial charge < -0.3 is 29.2 Å². The van der Waals surface area contributed by atoms with Crippen LogP contribution in [0.3, 0.4) is 0 Å². The summed E-state index contributed by atoms with van der Waals surface area (Å²) in [6.07, 6.45) is -2.27. The second-order valence-corrected chi connectivity index (χ2v) is 7.75. The lowest BCUT2D eigenvalue weighted by Gasteiger charge is -2.37. The highest BCUT2D eigenvalue weighted by Gasteiger charge is 2.41. The van der Waals surface area contributed by atoms with Gasteiger partial charge in [-0.15, -0.1) is 0 Å². The normalized spacial score (nSPS) is 20.8. The van der Waals surface area contributed by atoms with Crippen LogP contribution in [0.5, 0.6) is 11.5 Å². The van der Waals surface area contributed by atoms with Crippen LogP contribution in [0.1, 0.15) is 23.1 Å². The van der Waals surface area contributed by atoms with Gasteiger partial charge in [-0.1, -0.05) is 54.6 Å². The molecule has 1 unspecified atom stereocenters. The standard InChI is InChI=1S/C26H28O6/c1-29-21-12-8-19(9-13-21)26(18-6-4-3-5-7-18,20-10-14-22(30-2)15-11-20)31-17-24-23(27)16-25(28)32-24/h3-15,23-25,27-28H,16-17H2,1-2H3/t23-,24+,25?/m0/s1. The molecule has 32 heavy (non-hydrogen) atoms. The molecule has 1 aliphatic heterocycles. The maximum Gasteiger partial charge on any atom is 0.157 e. The summed E-state index contributed by atoms with van der Waals surface area (Å²) in [6.45, 7) is 0.0885. The van der Waals surface area contributed by atoms with Crippen molar-refractivity contribution < 1.29 is 29.2 Å². The first kappa shape index (κ1) is 22.3. The molecule has 3 aromatic carbocycles. The summed E-state index contributed by atoms with van der Waals surface area (Å²) in [6, 6.07) is 25.4. The molecule has 6 nitrogen and oxygen atoms in total. The highest BCUT2D eigenvalue weighted by molar-refractivity contribution is 5.49. The monoisotopic (exact) mass is 436 g/mol. The Labute approximate surface area is 188 Å². The van der Waals surface area contributed by atoms with Crippen molar-refractivity contribution in [3.63, 3.8) is 0 Å². The number of ether oxygens (including phenoxy) is 4. The molecular formula is C26H28O6. The maximum atomic E-state index is 10.3. The molecule has 0 spiro atoms. The van der Waals surface area contributed by atoms with Crippen molar-refractivity contribution in [1.29, 1.82) is 0 Å². The lowest BCUT2D eigenvalue weighted by atomic mass is 9.80. The van der Waals surface area contributed by atoms with Gasteiger partial charge in [0.05, 0.1) is 26.9 Å².